The van der Waals surface area contributed by atoms with E-state index in [9.17, 15) is 14.3 Å². The summed E-state index contributed by atoms with van der Waals surface area (Å²) in [7, 11) is 0. The van der Waals surface area contributed by atoms with Crippen molar-refractivity contribution in [2.75, 3.05) is 18.4 Å². The Balaban J connectivity index is 2.01. The SMILES string of the molecule is Cc1ccc(F)cc1NC(=O)C(C)N1CCC(C)C(O)C1. The summed E-state index contributed by atoms with van der Waals surface area (Å²) in [6, 6.07) is 3.99. The minimum absolute atomic E-state index is 0.176. The van der Waals surface area contributed by atoms with E-state index in [4.69, 9.17) is 0 Å². The number of piperidine rings is 1. The van der Waals surface area contributed by atoms with E-state index in [-0.39, 0.29) is 23.7 Å². The van der Waals surface area contributed by atoms with E-state index >= 15 is 0 Å². The van der Waals surface area contributed by atoms with Crippen molar-refractivity contribution in [3.8, 4) is 0 Å². The second-order valence-electron chi connectivity index (χ2n) is 5.95. The topological polar surface area (TPSA) is 52.6 Å². The van der Waals surface area contributed by atoms with Crippen LogP contribution in [0.1, 0.15) is 25.8 Å². The Hall–Kier alpha value is -1.46. The fourth-order valence-corrected chi connectivity index (χ4v) is 2.56. The van der Waals surface area contributed by atoms with Crippen molar-refractivity contribution in [3.05, 3.63) is 29.6 Å². The van der Waals surface area contributed by atoms with Gasteiger partial charge >= 0.3 is 0 Å². The van der Waals surface area contributed by atoms with Gasteiger partial charge in [-0.05, 0) is 50.4 Å². The molecule has 1 aliphatic rings. The molecule has 0 aromatic heterocycles. The maximum atomic E-state index is 13.3. The van der Waals surface area contributed by atoms with Crippen LogP contribution in [0.2, 0.25) is 0 Å². The number of carbonyl (C=O) groups is 1. The summed E-state index contributed by atoms with van der Waals surface area (Å²) in [4.78, 5) is 14.3. The standard InChI is InChI=1S/C16H23FN2O2/c1-10-4-5-13(17)8-14(10)18-16(21)12(3)19-7-6-11(2)15(20)9-19/h4-5,8,11-12,15,20H,6-7,9H2,1-3H3,(H,18,21). The Kier molecular flexibility index (Phi) is 4.96. The van der Waals surface area contributed by atoms with Crippen molar-refractivity contribution in [1.82, 2.24) is 4.90 Å². The molecule has 4 nitrogen and oxygen atoms in total. The molecular formula is C16H23FN2O2. The molecule has 21 heavy (non-hydrogen) atoms. The summed E-state index contributed by atoms with van der Waals surface area (Å²) in [6.07, 6.45) is 0.475. The summed E-state index contributed by atoms with van der Waals surface area (Å²) in [5, 5.41) is 12.7. The summed E-state index contributed by atoms with van der Waals surface area (Å²) >= 11 is 0. The molecule has 2 rings (SSSR count). The number of likely N-dealkylation sites (tertiary alicyclic amines) is 1. The Morgan fingerprint density at radius 1 is 1.52 bits per heavy atom. The summed E-state index contributed by atoms with van der Waals surface area (Å²) in [5.74, 6) is -0.279. The number of carbonyl (C=O) groups excluding carboxylic acids is 1. The lowest BCUT2D eigenvalue weighted by atomic mass is 9.95. The first-order chi connectivity index (χ1) is 9.88. The Morgan fingerprint density at radius 3 is 2.90 bits per heavy atom. The van der Waals surface area contributed by atoms with Crippen molar-refractivity contribution in [1.29, 1.82) is 0 Å². The fourth-order valence-electron chi connectivity index (χ4n) is 2.56. The Labute approximate surface area is 125 Å². The van der Waals surface area contributed by atoms with Crippen LogP contribution < -0.4 is 5.32 Å². The number of β-amino-alcohol motifs (C(OH)–C–C–N with tert-alkyl or cyclic N) is 1. The van der Waals surface area contributed by atoms with Crippen LogP contribution in [-0.2, 0) is 4.79 Å². The van der Waals surface area contributed by atoms with Crippen molar-refractivity contribution in [2.45, 2.75) is 39.3 Å². The molecule has 2 N–H and O–H groups in total. The van der Waals surface area contributed by atoms with Crippen LogP contribution in [0.15, 0.2) is 18.2 Å². The molecule has 0 aliphatic carbocycles. The van der Waals surface area contributed by atoms with E-state index in [0.717, 1.165) is 18.5 Å². The number of amides is 1. The number of aryl methyl sites for hydroxylation is 1. The van der Waals surface area contributed by atoms with E-state index in [1.807, 2.05) is 25.7 Å². The van der Waals surface area contributed by atoms with Gasteiger partial charge in [0.1, 0.15) is 5.82 Å². The first-order valence-electron chi connectivity index (χ1n) is 7.37. The van der Waals surface area contributed by atoms with E-state index < -0.39 is 6.10 Å². The lowest BCUT2D eigenvalue weighted by molar-refractivity contribution is -0.122. The van der Waals surface area contributed by atoms with Crippen LogP contribution in [0.3, 0.4) is 0 Å². The average molecular weight is 294 g/mol. The molecular weight excluding hydrogens is 271 g/mol. The van der Waals surface area contributed by atoms with Gasteiger partial charge in [-0.15, -0.1) is 0 Å². The molecule has 1 aromatic carbocycles. The number of halogens is 1. The third-order valence-electron chi connectivity index (χ3n) is 4.33. The molecule has 0 saturated carbocycles. The molecule has 3 unspecified atom stereocenters. The minimum Gasteiger partial charge on any atom is -0.392 e. The minimum atomic E-state index is -0.398. The lowest BCUT2D eigenvalue weighted by Gasteiger charge is -2.37. The number of hydrogen-bond acceptors (Lipinski definition) is 3. The zero-order valence-corrected chi connectivity index (χ0v) is 12.8. The zero-order valence-electron chi connectivity index (χ0n) is 12.8. The van der Waals surface area contributed by atoms with Crippen LogP contribution in [0, 0.1) is 18.7 Å². The third kappa shape index (κ3) is 3.80. The molecule has 1 aromatic rings. The maximum Gasteiger partial charge on any atom is 0.241 e. The highest BCUT2D eigenvalue weighted by Crippen LogP contribution is 2.21. The molecule has 1 aliphatic heterocycles. The number of nitrogens with one attached hydrogen (secondary N) is 1. The predicted octanol–water partition coefficient (Wildman–Crippen LogP) is 2.16. The Morgan fingerprint density at radius 2 is 2.24 bits per heavy atom. The molecule has 3 atom stereocenters. The second kappa shape index (κ2) is 6.54. The first-order valence-corrected chi connectivity index (χ1v) is 7.37. The molecule has 1 fully saturated rings. The molecule has 1 saturated heterocycles. The highest BCUT2D eigenvalue weighted by molar-refractivity contribution is 5.95. The highest BCUT2D eigenvalue weighted by atomic mass is 19.1. The molecule has 5 heteroatoms. The molecule has 0 spiro atoms. The van der Waals surface area contributed by atoms with Crippen LogP contribution in [0.25, 0.3) is 0 Å². The zero-order chi connectivity index (χ0) is 15.6. The number of aliphatic hydroxyl groups is 1. The van der Waals surface area contributed by atoms with Crippen LogP contribution in [0.5, 0.6) is 0 Å². The van der Waals surface area contributed by atoms with Crippen LogP contribution in [-0.4, -0.2) is 41.1 Å². The largest absolute Gasteiger partial charge is 0.392 e. The molecule has 1 amide bonds. The van der Waals surface area contributed by atoms with Gasteiger partial charge in [0.2, 0.25) is 5.91 Å². The molecule has 1 heterocycles. The maximum absolute atomic E-state index is 13.3. The van der Waals surface area contributed by atoms with Crippen molar-refractivity contribution < 1.29 is 14.3 Å². The van der Waals surface area contributed by atoms with Crippen molar-refractivity contribution >= 4 is 11.6 Å². The highest BCUT2D eigenvalue weighted by Gasteiger charge is 2.30. The number of anilines is 1. The van der Waals surface area contributed by atoms with Gasteiger partial charge in [-0.1, -0.05) is 13.0 Å². The second-order valence-corrected chi connectivity index (χ2v) is 5.95. The van der Waals surface area contributed by atoms with E-state index in [0.29, 0.717) is 12.2 Å². The van der Waals surface area contributed by atoms with E-state index in [2.05, 4.69) is 5.32 Å². The van der Waals surface area contributed by atoms with Crippen molar-refractivity contribution in [2.24, 2.45) is 5.92 Å². The normalized spacial score (nSPS) is 24.6. The molecule has 116 valence electrons. The number of nitrogens with zero attached hydrogens (tertiary/aromatic N) is 1. The monoisotopic (exact) mass is 294 g/mol. The summed E-state index contributed by atoms with van der Waals surface area (Å²) in [5.41, 5.74) is 1.32. The van der Waals surface area contributed by atoms with Crippen LogP contribution >= 0.6 is 0 Å². The number of rotatable bonds is 3. The van der Waals surface area contributed by atoms with E-state index in [1.165, 1.54) is 12.1 Å². The third-order valence-corrected chi connectivity index (χ3v) is 4.33. The quantitative estimate of drug-likeness (QED) is 0.898. The van der Waals surface area contributed by atoms with Gasteiger partial charge in [0.05, 0.1) is 12.1 Å². The summed E-state index contributed by atoms with van der Waals surface area (Å²) < 4.78 is 13.3. The smallest absolute Gasteiger partial charge is 0.241 e. The van der Waals surface area contributed by atoms with Crippen LogP contribution in [0.4, 0.5) is 10.1 Å². The predicted molar refractivity (Wildman–Crippen MR) is 80.6 cm³/mol. The van der Waals surface area contributed by atoms with E-state index in [1.54, 1.807) is 6.07 Å². The number of benzene rings is 1. The molecule has 0 bridgehead atoms. The first kappa shape index (κ1) is 15.9. The van der Waals surface area contributed by atoms with Gasteiger partial charge in [-0.3, -0.25) is 9.69 Å². The number of hydrogen-bond donors (Lipinski definition) is 2. The number of aliphatic hydroxyl groups excluding tert-OH is 1. The lowest BCUT2D eigenvalue weighted by Crippen LogP contribution is -2.50. The van der Waals surface area contributed by atoms with Gasteiger partial charge in [0.15, 0.2) is 0 Å². The van der Waals surface area contributed by atoms with Gasteiger partial charge in [-0.2, -0.15) is 0 Å². The van der Waals surface area contributed by atoms with Gasteiger partial charge in [0, 0.05) is 12.2 Å². The van der Waals surface area contributed by atoms with Gasteiger partial charge in [0.25, 0.3) is 0 Å². The van der Waals surface area contributed by atoms with Crippen molar-refractivity contribution in [3.63, 3.8) is 0 Å². The fraction of sp³-hybridized carbons (Fsp3) is 0.562. The molecule has 0 radical (unpaired) electrons. The average Bonchev–Trinajstić information content (AvgIpc) is 2.45. The Bertz CT molecular complexity index is 521. The van der Waals surface area contributed by atoms with Gasteiger partial charge < -0.3 is 10.4 Å². The van der Waals surface area contributed by atoms with Gasteiger partial charge in [-0.25, -0.2) is 4.39 Å². The summed E-state index contributed by atoms with van der Waals surface area (Å²) in [6.45, 7) is 6.94.